The molecule has 40 heavy (non-hydrogen) atoms. The molecule has 3 heterocycles. The van der Waals surface area contributed by atoms with Gasteiger partial charge < -0.3 is 25.3 Å². The lowest BCUT2D eigenvalue weighted by Crippen LogP contribution is -2.46. The van der Waals surface area contributed by atoms with E-state index in [1.807, 2.05) is 19.9 Å². The van der Waals surface area contributed by atoms with Crippen molar-refractivity contribution in [2.45, 2.75) is 32.2 Å². The zero-order valence-corrected chi connectivity index (χ0v) is 21.6. The van der Waals surface area contributed by atoms with E-state index in [9.17, 15) is 18.0 Å². The smallest absolute Gasteiger partial charge is 0.372 e. The van der Waals surface area contributed by atoms with Gasteiger partial charge in [-0.25, -0.2) is 4.98 Å². The lowest BCUT2D eigenvalue weighted by Gasteiger charge is -2.37. The van der Waals surface area contributed by atoms with Gasteiger partial charge >= 0.3 is 6.18 Å². The highest BCUT2D eigenvalue weighted by Gasteiger charge is 2.33. The molecule has 4 N–H and O–H groups in total. The summed E-state index contributed by atoms with van der Waals surface area (Å²) in [6, 6.07) is 14.1. The summed E-state index contributed by atoms with van der Waals surface area (Å²) in [7, 11) is 0. The van der Waals surface area contributed by atoms with Gasteiger partial charge in [0.15, 0.2) is 0 Å². The summed E-state index contributed by atoms with van der Waals surface area (Å²) in [4.78, 5) is 23.2. The molecule has 1 saturated heterocycles. The van der Waals surface area contributed by atoms with Crippen LogP contribution >= 0.6 is 0 Å². The number of halogens is 3. The largest absolute Gasteiger partial charge is 0.418 e. The van der Waals surface area contributed by atoms with Gasteiger partial charge in [-0.2, -0.15) is 18.3 Å². The van der Waals surface area contributed by atoms with Crippen LogP contribution in [0, 0.1) is 0 Å². The molecule has 0 radical (unpaired) electrons. The van der Waals surface area contributed by atoms with Crippen molar-refractivity contribution in [3.8, 4) is 0 Å². The number of rotatable bonds is 5. The number of ether oxygens (including phenoxy) is 1. The van der Waals surface area contributed by atoms with E-state index in [0.29, 0.717) is 41.1 Å². The van der Waals surface area contributed by atoms with E-state index in [-0.39, 0.29) is 29.8 Å². The van der Waals surface area contributed by atoms with Gasteiger partial charge in [0.25, 0.3) is 5.91 Å². The van der Waals surface area contributed by atoms with Crippen molar-refractivity contribution in [2.24, 2.45) is 0 Å². The summed E-state index contributed by atoms with van der Waals surface area (Å²) < 4.78 is 46.5. The molecule has 2 aromatic heterocycles. The molecule has 1 amide bonds. The Balaban J connectivity index is 1.38. The van der Waals surface area contributed by atoms with E-state index in [1.165, 1.54) is 18.2 Å². The van der Waals surface area contributed by atoms with Crippen LogP contribution in [0.15, 0.2) is 60.8 Å². The third kappa shape index (κ3) is 5.05. The van der Waals surface area contributed by atoms with E-state index < -0.39 is 11.7 Å². The quantitative estimate of drug-likeness (QED) is 0.212. The summed E-state index contributed by atoms with van der Waals surface area (Å²) in [6.45, 7) is 5.06. The molecule has 3 aromatic carbocycles. The monoisotopic (exact) mass is 549 g/mol. The second-order valence-electron chi connectivity index (χ2n) is 9.93. The number of imidazole rings is 1. The van der Waals surface area contributed by atoms with Gasteiger partial charge in [-0.15, -0.1) is 0 Å². The number of benzene rings is 3. The average Bonchev–Trinajstić information content (AvgIpc) is 3.52. The van der Waals surface area contributed by atoms with Gasteiger partial charge in [0.2, 0.25) is 5.95 Å². The number of aromatic amines is 2. The maximum absolute atomic E-state index is 13.6. The van der Waals surface area contributed by atoms with E-state index in [2.05, 4.69) is 35.7 Å². The third-order valence-corrected chi connectivity index (χ3v) is 6.79. The molecule has 5 aromatic rings. The van der Waals surface area contributed by atoms with Crippen molar-refractivity contribution < 1.29 is 22.7 Å². The zero-order valence-electron chi connectivity index (χ0n) is 21.6. The van der Waals surface area contributed by atoms with Crippen LogP contribution < -0.4 is 15.5 Å². The molecule has 2 unspecified atom stereocenters. The molecule has 1 fully saturated rings. The van der Waals surface area contributed by atoms with Crippen LogP contribution in [-0.4, -0.2) is 51.4 Å². The first-order valence-electron chi connectivity index (χ1n) is 12.8. The van der Waals surface area contributed by atoms with Crippen LogP contribution in [0.3, 0.4) is 0 Å². The zero-order chi connectivity index (χ0) is 28.0. The molecule has 0 saturated carbocycles. The number of aromatic nitrogens is 4. The number of morpholine rings is 1. The lowest BCUT2D eigenvalue weighted by molar-refractivity contribution is -0.136. The van der Waals surface area contributed by atoms with E-state index in [0.717, 1.165) is 17.0 Å². The Morgan fingerprint density at radius 3 is 2.60 bits per heavy atom. The molecule has 0 aliphatic carbocycles. The fraction of sp³-hybridized carbons (Fsp3) is 0.250. The van der Waals surface area contributed by atoms with E-state index in [4.69, 9.17) is 4.74 Å². The van der Waals surface area contributed by atoms with Crippen molar-refractivity contribution >= 4 is 50.9 Å². The second-order valence-corrected chi connectivity index (χ2v) is 9.93. The molecular weight excluding hydrogens is 523 g/mol. The summed E-state index contributed by atoms with van der Waals surface area (Å²) >= 11 is 0. The fourth-order valence-corrected chi connectivity index (χ4v) is 5.10. The van der Waals surface area contributed by atoms with Gasteiger partial charge in [-0.3, -0.25) is 9.89 Å². The Bertz CT molecular complexity index is 1700. The highest BCUT2D eigenvalue weighted by atomic mass is 19.4. The number of nitrogens with one attached hydrogen (secondary N) is 4. The summed E-state index contributed by atoms with van der Waals surface area (Å²) in [6.07, 6.45) is -2.95. The number of carbonyl (C=O) groups excluding carboxylic acids is 1. The molecule has 6 rings (SSSR count). The van der Waals surface area contributed by atoms with Crippen LogP contribution in [0.1, 0.15) is 29.8 Å². The van der Waals surface area contributed by atoms with Gasteiger partial charge in [-0.1, -0.05) is 12.1 Å². The highest BCUT2D eigenvalue weighted by Crippen LogP contribution is 2.36. The number of amides is 1. The number of nitrogens with zero attached hydrogens (tertiary/aromatic N) is 3. The molecule has 12 heteroatoms. The normalized spacial score (nSPS) is 17.9. The maximum atomic E-state index is 13.6. The van der Waals surface area contributed by atoms with Crippen molar-refractivity contribution in [2.75, 3.05) is 28.6 Å². The Labute approximate surface area is 226 Å². The standard InChI is InChI=1S/C28H26F3N7O2/c1-15-13-38(14-16(2)40-15)25-11-24-23(35-27(36-24)34-21-6-4-3-5-20(21)28(29,30)31)10-19(25)26(39)33-18-8-7-17-12-32-37-22(17)9-18/h3-12,15-16H,13-14H2,1-2H3,(H,32,37)(H,33,39)(H2,34,35,36). The first kappa shape index (κ1) is 25.7. The van der Waals surface area contributed by atoms with Crippen LogP contribution in [0.2, 0.25) is 0 Å². The number of para-hydroxylation sites is 1. The van der Waals surface area contributed by atoms with Crippen LogP contribution in [0.25, 0.3) is 21.9 Å². The molecule has 0 spiro atoms. The summed E-state index contributed by atoms with van der Waals surface area (Å²) in [5, 5.41) is 13.5. The predicted octanol–water partition coefficient (Wildman–Crippen LogP) is 6.07. The van der Waals surface area contributed by atoms with E-state index >= 15 is 0 Å². The first-order valence-corrected chi connectivity index (χ1v) is 12.8. The van der Waals surface area contributed by atoms with Crippen molar-refractivity contribution in [3.63, 3.8) is 0 Å². The van der Waals surface area contributed by atoms with Gasteiger partial charge in [0, 0.05) is 24.2 Å². The van der Waals surface area contributed by atoms with Gasteiger partial charge in [0.05, 0.1) is 57.5 Å². The number of fused-ring (bicyclic) bond motifs is 2. The minimum Gasteiger partial charge on any atom is -0.372 e. The minimum absolute atomic E-state index is 0.0616. The Kier molecular flexibility index (Phi) is 6.34. The third-order valence-electron chi connectivity index (χ3n) is 6.79. The summed E-state index contributed by atoms with van der Waals surface area (Å²) in [5.74, 6) is -0.210. The Morgan fingerprint density at radius 2 is 1.82 bits per heavy atom. The Morgan fingerprint density at radius 1 is 1.05 bits per heavy atom. The van der Waals surface area contributed by atoms with Crippen molar-refractivity contribution in [1.82, 2.24) is 20.2 Å². The number of H-pyrrole nitrogens is 2. The number of hydrogen-bond acceptors (Lipinski definition) is 6. The molecule has 1 aliphatic heterocycles. The number of anilines is 4. The van der Waals surface area contributed by atoms with Crippen molar-refractivity contribution in [3.05, 3.63) is 71.9 Å². The average molecular weight is 550 g/mol. The number of alkyl halides is 3. The van der Waals surface area contributed by atoms with Gasteiger partial charge in [-0.05, 0) is 56.3 Å². The molecule has 2 atom stereocenters. The maximum Gasteiger partial charge on any atom is 0.418 e. The SMILES string of the molecule is CC1CN(c2cc3nc(Nc4ccccc4C(F)(F)F)[nH]c3cc2C(=O)Nc2ccc3cn[nH]c3c2)CC(C)O1. The second kappa shape index (κ2) is 9.87. The molecular formula is C28H26F3N7O2. The Hall–Kier alpha value is -4.58. The highest BCUT2D eigenvalue weighted by molar-refractivity contribution is 6.11. The number of carbonyl (C=O) groups is 1. The van der Waals surface area contributed by atoms with Crippen LogP contribution in [-0.2, 0) is 10.9 Å². The van der Waals surface area contributed by atoms with Crippen LogP contribution in [0.5, 0.6) is 0 Å². The number of hydrogen-bond donors (Lipinski definition) is 4. The molecule has 9 nitrogen and oxygen atoms in total. The van der Waals surface area contributed by atoms with E-state index in [1.54, 1.807) is 30.5 Å². The minimum atomic E-state index is -4.53. The molecule has 0 bridgehead atoms. The predicted molar refractivity (Wildman–Crippen MR) is 147 cm³/mol. The lowest BCUT2D eigenvalue weighted by atomic mass is 10.1. The molecule has 1 aliphatic rings. The topological polar surface area (TPSA) is 111 Å². The first-order chi connectivity index (χ1) is 19.1. The molecule has 206 valence electrons. The van der Waals surface area contributed by atoms with Gasteiger partial charge in [0.1, 0.15) is 0 Å². The van der Waals surface area contributed by atoms with Crippen molar-refractivity contribution in [1.29, 1.82) is 0 Å². The fourth-order valence-electron chi connectivity index (χ4n) is 5.10. The van der Waals surface area contributed by atoms with Crippen LogP contribution in [0.4, 0.5) is 36.2 Å². The summed E-state index contributed by atoms with van der Waals surface area (Å²) in [5.41, 5.74) is 2.50.